The summed E-state index contributed by atoms with van der Waals surface area (Å²) in [5.74, 6) is 2.73. The fraction of sp³-hybridized carbons (Fsp3) is 0. The second-order valence-electron chi connectivity index (χ2n) is 20.3. The minimum Gasteiger partial charge on any atom is -0.439 e. The minimum atomic E-state index is 0.366. The summed E-state index contributed by atoms with van der Waals surface area (Å²) in [5.41, 5.74) is 10.1. The van der Waals surface area contributed by atoms with Gasteiger partial charge in [0, 0.05) is 97.6 Å². The molecule has 19 heteroatoms. The number of hydrogen-bond acceptors (Lipinski definition) is 15. The van der Waals surface area contributed by atoms with Crippen LogP contribution >= 0.6 is 0 Å². The number of fused-ring (bicyclic) bond motifs is 18. The molecule has 398 valence electrons. The summed E-state index contributed by atoms with van der Waals surface area (Å²) in [6.45, 7) is 0. The van der Waals surface area contributed by atoms with Crippen LogP contribution in [0.4, 0.5) is 0 Å². The van der Waals surface area contributed by atoms with Crippen LogP contribution in [0.15, 0.2) is 233 Å². The lowest BCUT2D eigenvalue weighted by Gasteiger charge is -2.11. The molecule has 0 atom stereocenters. The average molecular weight is 1100 g/mol. The predicted octanol–water partition coefficient (Wildman–Crippen LogP) is 14.1. The smallest absolute Gasteiger partial charge is 0.242 e. The summed E-state index contributed by atoms with van der Waals surface area (Å²) in [5, 5.41) is 10.8. The molecule has 19 rings (SSSR count). The summed E-state index contributed by atoms with van der Waals surface area (Å²) in [6.07, 6.45) is 21.2. The molecule has 4 aromatic carbocycles. The van der Waals surface area contributed by atoms with Gasteiger partial charge >= 0.3 is 0 Å². The van der Waals surface area contributed by atoms with E-state index in [0.717, 1.165) is 104 Å². The largest absolute Gasteiger partial charge is 0.439 e. The second-order valence-corrected chi connectivity index (χ2v) is 20.3. The van der Waals surface area contributed by atoms with Crippen LogP contribution in [0, 0.1) is 0 Å². The number of rotatable bonds is 6. The third-order valence-corrected chi connectivity index (χ3v) is 15.6. The molecule has 15 heterocycles. The normalized spacial score (nSPS) is 12.0. The lowest BCUT2D eigenvalue weighted by atomic mass is 10.2. The van der Waals surface area contributed by atoms with Crippen molar-refractivity contribution in [1.29, 1.82) is 0 Å². The number of pyridine rings is 6. The minimum absolute atomic E-state index is 0.366. The Balaban J connectivity index is 0.000000129. The van der Waals surface area contributed by atoms with E-state index >= 15 is 0 Å². The van der Waals surface area contributed by atoms with E-state index in [0.29, 0.717) is 63.7 Å². The summed E-state index contributed by atoms with van der Waals surface area (Å²) in [7, 11) is 0. The van der Waals surface area contributed by atoms with Gasteiger partial charge in [0.05, 0.1) is 74.7 Å². The molecule has 0 bridgehead atoms. The van der Waals surface area contributed by atoms with E-state index in [1.807, 2.05) is 135 Å². The highest BCUT2D eigenvalue weighted by Crippen LogP contribution is 2.42. The van der Waals surface area contributed by atoms with Crippen molar-refractivity contribution in [3.8, 4) is 46.6 Å². The number of nitrogens with zero attached hydrogens (tertiary/aromatic N) is 16. The van der Waals surface area contributed by atoms with Crippen LogP contribution in [0.2, 0.25) is 0 Å². The Hall–Kier alpha value is -12.4. The Kier molecular flexibility index (Phi) is 9.86. The number of furan rings is 3. The number of aromatic nitrogens is 16. The third-order valence-electron chi connectivity index (χ3n) is 15.6. The number of benzene rings is 4. The van der Waals surface area contributed by atoms with Gasteiger partial charge in [-0.1, -0.05) is 97.1 Å². The molecule has 0 fully saturated rings. The van der Waals surface area contributed by atoms with Crippen molar-refractivity contribution in [3.05, 3.63) is 220 Å². The lowest BCUT2D eigenvalue weighted by molar-refractivity contribution is 0.634. The highest BCUT2D eigenvalue weighted by molar-refractivity contribution is 6.22. The Labute approximate surface area is 476 Å². The van der Waals surface area contributed by atoms with Crippen molar-refractivity contribution < 1.29 is 13.3 Å². The molecule has 0 aliphatic heterocycles. The van der Waals surface area contributed by atoms with Gasteiger partial charge in [-0.15, -0.1) is 0 Å². The average Bonchev–Trinajstić information content (AvgIpc) is 1.77. The van der Waals surface area contributed by atoms with E-state index < -0.39 is 0 Å². The summed E-state index contributed by atoms with van der Waals surface area (Å²) < 4.78 is 27.1. The van der Waals surface area contributed by atoms with Crippen LogP contribution in [0.3, 0.4) is 0 Å². The van der Waals surface area contributed by atoms with E-state index in [9.17, 15) is 0 Å². The van der Waals surface area contributed by atoms with Crippen molar-refractivity contribution in [3.63, 3.8) is 0 Å². The summed E-state index contributed by atoms with van der Waals surface area (Å²) >= 11 is 0. The monoisotopic (exact) mass is 1100 g/mol. The predicted molar refractivity (Wildman–Crippen MR) is 324 cm³/mol. The molecule has 0 radical (unpaired) electrons. The van der Waals surface area contributed by atoms with E-state index in [1.165, 1.54) is 0 Å². The second kappa shape index (κ2) is 18.1. The molecule has 0 unspecified atom stereocenters. The maximum atomic E-state index is 6.43. The fourth-order valence-corrected chi connectivity index (χ4v) is 12.0. The van der Waals surface area contributed by atoms with Crippen LogP contribution in [0.5, 0.6) is 0 Å². The quantitative estimate of drug-likeness (QED) is 0.151. The molecule has 19 aromatic rings. The molecule has 0 amide bonds. The fourth-order valence-electron chi connectivity index (χ4n) is 12.0. The summed E-state index contributed by atoms with van der Waals surface area (Å²) in [4.78, 5) is 56.4. The topological polar surface area (TPSA) is 214 Å². The molecular weight excluding hydrogens is 1060 g/mol. The van der Waals surface area contributed by atoms with Gasteiger partial charge < -0.3 is 13.3 Å². The maximum absolute atomic E-state index is 6.43. The SMILES string of the molecule is c1ccc(-c2nc(-n3c4ccccc4c4ccccc43)nc(-n3c4cnccc4c4c5cnccc5oc43)n2)cc1.c1ccc(-c2nc(-n3c4cnccc4c4c5ccncc5oc43)nc(-n3c4cnccc4c4c5ccncc5oc43)n2)cc1. The molecule has 0 aliphatic carbocycles. The van der Waals surface area contributed by atoms with Crippen LogP contribution in [-0.2, 0) is 0 Å². The summed E-state index contributed by atoms with van der Waals surface area (Å²) in [6, 6.07) is 48.1. The van der Waals surface area contributed by atoms with Crippen molar-refractivity contribution in [2.45, 2.75) is 0 Å². The Bertz CT molecular complexity index is 5680. The van der Waals surface area contributed by atoms with E-state index in [1.54, 1.807) is 62.0 Å². The van der Waals surface area contributed by atoms with Crippen molar-refractivity contribution in [1.82, 2.24) is 78.1 Å². The van der Waals surface area contributed by atoms with Crippen LogP contribution in [0.1, 0.15) is 0 Å². The number of hydrogen-bond donors (Lipinski definition) is 0. The molecular formula is C66H36N16O3. The van der Waals surface area contributed by atoms with Gasteiger partial charge in [-0.3, -0.25) is 34.5 Å². The van der Waals surface area contributed by atoms with Crippen molar-refractivity contribution in [2.75, 3.05) is 0 Å². The van der Waals surface area contributed by atoms with Crippen molar-refractivity contribution in [2.24, 2.45) is 0 Å². The molecule has 0 N–H and O–H groups in total. The highest BCUT2D eigenvalue weighted by Gasteiger charge is 2.27. The maximum Gasteiger partial charge on any atom is 0.242 e. The molecule has 0 aliphatic rings. The van der Waals surface area contributed by atoms with Gasteiger partial charge in [-0.25, -0.2) is 13.7 Å². The third kappa shape index (κ3) is 6.94. The van der Waals surface area contributed by atoms with Gasteiger partial charge in [0.25, 0.3) is 0 Å². The first-order chi connectivity index (χ1) is 42.2. The molecule has 85 heavy (non-hydrogen) atoms. The van der Waals surface area contributed by atoms with Gasteiger partial charge in [0.15, 0.2) is 22.8 Å². The first-order valence-electron chi connectivity index (χ1n) is 27.1. The first-order valence-corrected chi connectivity index (χ1v) is 27.1. The van der Waals surface area contributed by atoms with Crippen LogP contribution in [0.25, 0.3) is 167 Å². The molecule has 19 nitrogen and oxygen atoms in total. The molecule has 0 saturated heterocycles. The number of para-hydroxylation sites is 2. The standard InChI is InChI=1S/C33H17N9O2.C33H19N7O/c1-2-4-18(5-3-1)29-38-32(41-23-14-34-10-6-19(23)27-21-8-12-36-16-25(21)43-30(27)41)40-33(39-29)42-24-15-35-11-7-20(24)28-22-9-13-37-17-26(22)44-31(28)42;1-2-8-20(9-3-1)30-36-32(39-25-12-6-4-10-21(25)22-11-5-7-13-26(22)39)38-33(37-30)40-27-19-35-16-14-23(27)29-24-18-34-17-15-28(24)41-31(29)40/h1-17H;1-19H. The lowest BCUT2D eigenvalue weighted by Crippen LogP contribution is -2.10. The Morgan fingerprint density at radius 3 is 1.06 bits per heavy atom. The zero-order chi connectivity index (χ0) is 55.7. The first kappa shape index (κ1) is 46.4. The molecule has 0 saturated carbocycles. The van der Waals surface area contributed by atoms with E-state index in [4.69, 9.17) is 43.2 Å². The van der Waals surface area contributed by atoms with Crippen molar-refractivity contribution >= 4 is 121 Å². The zero-order valence-corrected chi connectivity index (χ0v) is 44.2. The molecule has 15 aromatic heterocycles. The Morgan fingerprint density at radius 2 is 0.600 bits per heavy atom. The highest BCUT2D eigenvalue weighted by atomic mass is 16.4. The van der Waals surface area contributed by atoms with Gasteiger partial charge in [-0.2, -0.15) is 29.9 Å². The van der Waals surface area contributed by atoms with E-state index in [-0.39, 0.29) is 0 Å². The van der Waals surface area contributed by atoms with Gasteiger partial charge in [0.2, 0.25) is 40.9 Å². The molecule has 0 spiro atoms. The van der Waals surface area contributed by atoms with Gasteiger partial charge in [0.1, 0.15) is 5.58 Å². The van der Waals surface area contributed by atoms with Gasteiger partial charge in [-0.05, 0) is 48.5 Å². The zero-order valence-electron chi connectivity index (χ0n) is 44.2. The van der Waals surface area contributed by atoms with Crippen LogP contribution < -0.4 is 0 Å². The van der Waals surface area contributed by atoms with E-state index in [2.05, 4.69) is 70.9 Å². The Morgan fingerprint density at radius 1 is 0.247 bits per heavy atom. The van der Waals surface area contributed by atoms with Crippen LogP contribution in [-0.4, -0.2) is 78.1 Å².